The summed E-state index contributed by atoms with van der Waals surface area (Å²) in [7, 11) is 1.67. The zero-order chi connectivity index (χ0) is 14.8. The Morgan fingerprint density at radius 3 is 2.86 bits per heavy atom. The third kappa shape index (κ3) is 2.63. The lowest BCUT2D eigenvalue weighted by Gasteiger charge is -2.19. The van der Waals surface area contributed by atoms with Crippen LogP contribution in [0, 0.1) is 6.92 Å². The van der Waals surface area contributed by atoms with Gasteiger partial charge < -0.3 is 4.74 Å². The van der Waals surface area contributed by atoms with Gasteiger partial charge in [-0.15, -0.1) is 11.3 Å². The lowest BCUT2D eigenvalue weighted by molar-refractivity contribution is 0.414. The van der Waals surface area contributed by atoms with Crippen LogP contribution in [0.4, 0.5) is 0 Å². The quantitative estimate of drug-likeness (QED) is 0.574. The van der Waals surface area contributed by atoms with Crippen LogP contribution in [0.5, 0.6) is 5.75 Å². The number of nitrogens with two attached hydrogens (primary N) is 1. The summed E-state index contributed by atoms with van der Waals surface area (Å²) in [4.78, 5) is 4.49. The highest BCUT2D eigenvalue weighted by atomic mass is 32.1. The molecule has 0 aliphatic heterocycles. The molecule has 0 amide bonds. The van der Waals surface area contributed by atoms with Crippen LogP contribution in [-0.2, 0) is 0 Å². The predicted molar refractivity (Wildman–Crippen MR) is 86.5 cm³/mol. The lowest BCUT2D eigenvalue weighted by atomic mass is 9.96. The number of benzene rings is 1. The molecule has 108 valence electrons. The fourth-order valence-corrected chi connectivity index (χ4v) is 3.27. The summed E-state index contributed by atoms with van der Waals surface area (Å²) in [6.45, 7) is 2.05. The molecule has 5 heteroatoms. The van der Waals surface area contributed by atoms with E-state index in [0.29, 0.717) is 0 Å². The SMILES string of the molecule is COc1ccc(C(NN)c2cnc3ccsc3c2)c(C)c1. The van der Waals surface area contributed by atoms with Crippen LogP contribution in [0.2, 0.25) is 0 Å². The molecule has 21 heavy (non-hydrogen) atoms. The summed E-state index contributed by atoms with van der Waals surface area (Å²) in [5.41, 5.74) is 7.22. The van der Waals surface area contributed by atoms with Gasteiger partial charge in [0.05, 0.1) is 23.4 Å². The molecule has 0 saturated heterocycles. The van der Waals surface area contributed by atoms with Gasteiger partial charge in [-0.05, 0) is 53.3 Å². The van der Waals surface area contributed by atoms with Crippen LogP contribution in [0.1, 0.15) is 22.7 Å². The third-order valence-corrected chi connectivity index (χ3v) is 4.46. The fourth-order valence-electron chi connectivity index (χ4n) is 2.48. The van der Waals surface area contributed by atoms with Crippen molar-refractivity contribution in [3.8, 4) is 5.75 Å². The molecular weight excluding hydrogens is 282 g/mol. The number of aromatic nitrogens is 1. The normalized spacial score (nSPS) is 12.5. The maximum Gasteiger partial charge on any atom is 0.119 e. The topological polar surface area (TPSA) is 60.2 Å². The first-order valence-electron chi connectivity index (χ1n) is 6.66. The number of fused-ring (bicyclic) bond motifs is 1. The van der Waals surface area contributed by atoms with E-state index in [1.807, 2.05) is 35.8 Å². The van der Waals surface area contributed by atoms with Crippen LogP contribution in [0.25, 0.3) is 10.2 Å². The van der Waals surface area contributed by atoms with Gasteiger partial charge in [0, 0.05) is 6.20 Å². The average Bonchev–Trinajstić information content (AvgIpc) is 2.97. The minimum Gasteiger partial charge on any atom is -0.497 e. The van der Waals surface area contributed by atoms with Gasteiger partial charge >= 0.3 is 0 Å². The largest absolute Gasteiger partial charge is 0.497 e. The first kappa shape index (κ1) is 14.0. The number of methoxy groups -OCH3 is 1. The van der Waals surface area contributed by atoms with Gasteiger partial charge in [0.25, 0.3) is 0 Å². The van der Waals surface area contributed by atoms with Gasteiger partial charge in [0.1, 0.15) is 5.75 Å². The third-order valence-electron chi connectivity index (χ3n) is 3.61. The van der Waals surface area contributed by atoms with E-state index in [1.54, 1.807) is 18.4 Å². The number of hydrogen-bond acceptors (Lipinski definition) is 5. The molecule has 3 rings (SSSR count). The molecule has 2 aromatic heterocycles. The molecule has 3 N–H and O–H groups in total. The summed E-state index contributed by atoms with van der Waals surface area (Å²) in [6.07, 6.45) is 1.88. The number of thiophene rings is 1. The van der Waals surface area contributed by atoms with Crippen molar-refractivity contribution in [1.82, 2.24) is 10.4 Å². The van der Waals surface area contributed by atoms with E-state index >= 15 is 0 Å². The number of aryl methyl sites for hydroxylation is 1. The van der Waals surface area contributed by atoms with Crippen molar-refractivity contribution in [3.05, 3.63) is 58.6 Å². The molecule has 3 aromatic rings. The minimum absolute atomic E-state index is 0.0880. The Balaban J connectivity index is 2.04. The van der Waals surface area contributed by atoms with Crippen LogP contribution >= 0.6 is 11.3 Å². The molecule has 0 bridgehead atoms. The lowest BCUT2D eigenvalue weighted by Crippen LogP contribution is -2.29. The van der Waals surface area contributed by atoms with Crippen molar-refractivity contribution in [1.29, 1.82) is 0 Å². The molecule has 0 aliphatic carbocycles. The highest BCUT2D eigenvalue weighted by molar-refractivity contribution is 7.17. The maximum atomic E-state index is 5.79. The van der Waals surface area contributed by atoms with Crippen molar-refractivity contribution in [2.75, 3.05) is 7.11 Å². The number of pyridine rings is 1. The van der Waals surface area contributed by atoms with Gasteiger partial charge in [-0.2, -0.15) is 0 Å². The number of nitrogens with zero attached hydrogens (tertiary/aromatic N) is 1. The minimum atomic E-state index is -0.0880. The smallest absolute Gasteiger partial charge is 0.119 e. The standard InChI is InChI=1S/C16H17N3OS/c1-10-7-12(20-2)3-4-13(10)16(19-17)11-8-15-14(18-9-11)5-6-21-15/h3-9,16,19H,17H2,1-2H3. The maximum absolute atomic E-state index is 5.79. The Kier molecular flexibility index (Phi) is 3.88. The van der Waals surface area contributed by atoms with Crippen molar-refractivity contribution in [3.63, 3.8) is 0 Å². The van der Waals surface area contributed by atoms with E-state index in [9.17, 15) is 0 Å². The Bertz CT molecular complexity index is 769. The predicted octanol–water partition coefficient (Wildman–Crippen LogP) is 3.17. The van der Waals surface area contributed by atoms with Gasteiger partial charge in [-0.1, -0.05) is 6.07 Å². The monoisotopic (exact) mass is 299 g/mol. The average molecular weight is 299 g/mol. The Morgan fingerprint density at radius 2 is 2.14 bits per heavy atom. The first-order chi connectivity index (χ1) is 10.2. The Labute approximate surface area is 127 Å². The van der Waals surface area contributed by atoms with Gasteiger partial charge in [0.15, 0.2) is 0 Å². The summed E-state index contributed by atoms with van der Waals surface area (Å²) >= 11 is 1.68. The molecule has 1 unspecified atom stereocenters. The molecule has 4 nitrogen and oxygen atoms in total. The zero-order valence-electron chi connectivity index (χ0n) is 12.0. The van der Waals surface area contributed by atoms with Crippen LogP contribution in [-0.4, -0.2) is 12.1 Å². The van der Waals surface area contributed by atoms with Crippen LogP contribution < -0.4 is 16.0 Å². The van der Waals surface area contributed by atoms with Gasteiger partial charge in [-0.3, -0.25) is 10.8 Å². The summed E-state index contributed by atoms with van der Waals surface area (Å²) in [5, 5.41) is 2.05. The highest BCUT2D eigenvalue weighted by Gasteiger charge is 2.16. The van der Waals surface area contributed by atoms with E-state index in [4.69, 9.17) is 10.6 Å². The van der Waals surface area contributed by atoms with Crippen molar-refractivity contribution in [2.45, 2.75) is 13.0 Å². The van der Waals surface area contributed by atoms with E-state index in [1.165, 1.54) is 4.70 Å². The van der Waals surface area contributed by atoms with Crippen molar-refractivity contribution in [2.24, 2.45) is 5.84 Å². The highest BCUT2D eigenvalue weighted by Crippen LogP contribution is 2.29. The van der Waals surface area contributed by atoms with Crippen molar-refractivity contribution >= 4 is 21.6 Å². The second-order valence-corrected chi connectivity index (χ2v) is 5.84. The van der Waals surface area contributed by atoms with E-state index in [2.05, 4.69) is 23.4 Å². The summed E-state index contributed by atoms with van der Waals surface area (Å²) in [5.74, 6) is 6.64. The number of hydrazine groups is 1. The fraction of sp³-hybridized carbons (Fsp3) is 0.188. The van der Waals surface area contributed by atoms with E-state index in [-0.39, 0.29) is 6.04 Å². The molecule has 0 fully saturated rings. The molecule has 0 spiro atoms. The molecule has 1 aromatic carbocycles. The van der Waals surface area contributed by atoms with Crippen LogP contribution in [0.15, 0.2) is 41.9 Å². The molecular formula is C16H17N3OS. The zero-order valence-corrected chi connectivity index (χ0v) is 12.8. The first-order valence-corrected chi connectivity index (χ1v) is 7.54. The molecule has 0 aliphatic rings. The number of nitrogens with one attached hydrogen (secondary N) is 1. The molecule has 0 saturated carbocycles. The van der Waals surface area contributed by atoms with Crippen LogP contribution in [0.3, 0.4) is 0 Å². The Hall–Kier alpha value is -1.95. The summed E-state index contributed by atoms with van der Waals surface area (Å²) < 4.78 is 6.42. The van der Waals surface area contributed by atoms with Crippen molar-refractivity contribution < 1.29 is 4.74 Å². The van der Waals surface area contributed by atoms with Gasteiger partial charge in [0.2, 0.25) is 0 Å². The van der Waals surface area contributed by atoms with E-state index < -0.39 is 0 Å². The Morgan fingerprint density at radius 1 is 1.29 bits per heavy atom. The molecule has 2 heterocycles. The number of hydrogen-bond donors (Lipinski definition) is 2. The van der Waals surface area contributed by atoms with Gasteiger partial charge in [-0.25, -0.2) is 5.43 Å². The number of rotatable bonds is 4. The second kappa shape index (κ2) is 5.81. The second-order valence-electron chi connectivity index (χ2n) is 4.89. The molecule has 0 radical (unpaired) electrons. The summed E-state index contributed by atoms with van der Waals surface area (Å²) in [6, 6.07) is 10.1. The molecule has 1 atom stereocenters. The van der Waals surface area contributed by atoms with E-state index in [0.717, 1.165) is 28.0 Å². The number of ether oxygens (including phenoxy) is 1.